The van der Waals surface area contributed by atoms with Crippen LogP contribution >= 0.6 is 0 Å². The largest absolute Gasteiger partial charge is 0.361 e. The second-order valence-electron chi connectivity index (χ2n) is 7.95. The SMILES string of the molecule is CCCC(=O)N1CCO[C@](Cc2ccccc2-c2ccc(F)cc2)(C(=O)N(C)C)C1. The Morgan fingerprint density at radius 2 is 1.83 bits per heavy atom. The van der Waals surface area contributed by atoms with Crippen LogP contribution in [0.5, 0.6) is 0 Å². The summed E-state index contributed by atoms with van der Waals surface area (Å²) >= 11 is 0. The van der Waals surface area contributed by atoms with Gasteiger partial charge in [0.15, 0.2) is 5.60 Å². The summed E-state index contributed by atoms with van der Waals surface area (Å²) in [6.07, 6.45) is 1.55. The summed E-state index contributed by atoms with van der Waals surface area (Å²) in [5.41, 5.74) is 1.56. The van der Waals surface area contributed by atoms with Gasteiger partial charge >= 0.3 is 0 Å². The first-order chi connectivity index (χ1) is 14.4. The van der Waals surface area contributed by atoms with Gasteiger partial charge in [-0.15, -0.1) is 0 Å². The molecule has 5 nitrogen and oxygen atoms in total. The molecule has 2 amide bonds. The van der Waals surface area contributed by atoms with E-state index in [9.17, 15) is 14.0 Å². The number of rotatable bonds is 6. The Balaban J connectivity index is 1.98. The molecule has 160 valence electrons. The number of halogens is 1. The summed E-state index contributed by atoms with van der Waals surface area (Å²) in [6, 6.07) is 14.1. The van der Waals surface area contributed by atoms with Gasteiger partial charge in [-0.25, -0.2) is 4.39 Å². The van der Waals surface area contributed by atoms with Crippen LogP contribution in [0.15, 0.2) is 48.5 Å². The lowest BCUT2D eigenvalue weighted by Gasteiger charge is -2.43. The number of hydrogen-bond donors (Lipinski definition) is 0. The Morgan fingerprint density at radius 3 is 2.50 bits per heavy atom. The Labute approximate surface area is 177 Å². The van der Waals surface area contributed by atoms with Gasteiger partial charge in [0, 0.05) is 33.5 Å². The number of likely N-dealkylation sites (N-methyl/N-ethyl adjacent to an activating group) is 1. The van der Waals surface area contributed by atoms with Crippen LogP contribution in [0.25, 0.3) is 11.1 Å². The molecule has 0 N–H and O–H groups in total. The summed E-state index contributed by atoms with van der Waals surface area (Å²) in [6.45, 7) is 2.99. The molecule has 2 aromatic rings. The first-order valence-corrected chi connectivity index (χ1v) is 10.3. The van der Waals surface area contributed by atoms with Crippen molar-refractivity contribution in [2.24, 2.45) is 0 Å². The van der Waals surface area contributed by atoms with Crippen molar-refractivity contribution in [3.8, 4) is 11.1 Å². The highest BCUT2D eigenvalue weighted by molar-refractivity contribution is 5.87. The highest BCUT2D eigenvalue weighted by Crippen LogP contribution is 2.31. The third-order valence-electron chi connectivity index (χ3n) is 5.45. The molecule has 2 aromatic carbocycles. The molecule has 3 rings (SSSR count). The molecule has 30 heavy (non-hydrogen) atoms. The fourth-order valence-electron chi connectivity index (χ4n) is 3.98. The van der Waals surface area contributed by atoms with Gasteiger partial charge in [0.05, 0.1) is 13.2 Å². The van der Waals surface area contributed by atoms with Crippen molar-refractivity contribution in [1.82, 2.24) is 9.80 Å². The Bertz CT molecular complexity index is 898. The van der Waals surface area contributed by atoms with E-state index in [0.717, 1.165) is 23.1 Å². The number of ether oxygens (including phenoxy) is 1. The van der Waals surface area contributed by atoms with Crippen LogP contribution in [-0.2, 0) is 20.7 Å². The molecule has 1 saturated heterocycles. The minimum Gasteiger partial charge on any atom is -0.361 e. The Hall–Kier alpha value is -2.73. The van der Waals surface area contributed by atoms with Crippen molar-refractivity contribution in [2.75, 3.05) is 33.8 Å². The van der Waals surface area contributed by atoms with E-state index < -0.39 is 5.60 Å². The van der Waals surface area contributed by atoms with E-state index in [1.54, 1.807) is 31.1 Å². The molecule has 0 aromatic heterocycles. The van der Waals surface area contributed by atoms with Crippen LogP contribution in [0.4, 0.5) is 4.39 Å². The summed E-state index contributed by atoms with van der Waals surface area (Å²) in [5.74, 6) is -0.412. The lowest BCUT2D eigenvalue weighted by molar-refractivity contribution is -0.172. The number of morpholine rings is 1. The van der Waals surface area contributed by atoms with Crippen molar-refractivity contribution in [3.05, 3.63) is 59.9 Å². The zero-order valence-corrected chi connectivity index (χ0v) is 17.9. The third kappa shape index (κ3) is 4.70. The van der Waals surface area contributed by atoms with E-state index in [1.165, 1.54) is 17.0 Å². The number of nitrogens with zero attached hydrogens (tertiary/aromatic N) is 2. The van der Waals surface area contributed by atoms with E-state index in [0.29, 0.717) is 26.0 Å². The maximum Gasteiger partial charge on any atom is 0.256 e. The van der Waals surface area contributed by atoms with Crippen LogP contribution in [0.3, 0.4) is 0 Å². The highest BCUT2D eigenvalue weighted by atomic mass is 19.1. The van der Waals surface area contributed by atoms with Crippen LogP contribution in [0, 0.1) is 5.82 Å². The summed E-state index contributed by atoms with van der Waals surface area (Å²) < 4.78 is 19.5. The van der Waals surface area contributed by atoms with Gasteiger partial charge in [-0.3, -0.25) is 9.59 Å². The molecule has 0 bridgehead atoms. The molecule has 0 radical (unpaired) electrons. The van der Waals surface area contributed by atoms with Crippen molar-refractivity contribution < 1.29 is 18.7 Å². The average Bonchev–Trinajstić information content (AvgIpc) is 2.74. The van der Waals surface area contributed by atoms with Crippen molar-refractivity contribution in [2.45, 2.75) is 31.8 Å². The van der Waals surface area contributed by atoms with Gasteiger partial charge in [0.25, 0.3) is 5.91 Å². The topological polar surface area (TPSA) is 49.9 Å². The number of hydrogen-bond acceptors (Lipinski definition) is 3. The second kappa shape index (κ2) is 9.39. The van der Waals surface area contributed by atoms with Gasteiger partial charge in [-0.1, -0.05) is 43.3 Å². The molecule has 0 saturated carbocycles. The molecule has 1 fully saturated rings. The van der Waals surface area contributed by atoms with Crippen LogP contribution in [0.2, 0.25) is 0 Å². The van der Waals surface area contributed by atoms with Gasteiger partial charge in [-0.05, 0) is 35.2 Å². The number of carbonyl (C=O) groups excluding carboxylic acids is 2. The molecule has 0 spiro atoms. The highest BCUT2D eigenvalue weighted by Gasteiger charge is 2.46. The standard InChI is InChI=1S/C24H29FN2O3/c1-4-7-22(28)27-14-15-30-24(17-27,23(29)26(2)3)16-19-8-5-6-9-21(19)18-10-12-20(25)13-11-18/h5-6,8-13H,4,7,14-17H2,1-3H3/t24-/m0/s1. The monoisotopic (exact) mass is 412 g/mol. The van der Waals surface area contributed by atoms with Crippen LogP contribution in [0.1, 0.15) is 25.3 Å². The van der Waals surface area contributed by atoms with E-state index >= 15 is 0 Å². The molecule has 1 atom stereocenters. The normalized spacial score (nSPS) is 18.9. The molecule has 1 aliphatic rings. The van der Waals surface area contributed by atoms with Gasteiger partial charge in [0.1, 0.15) is 5.82 Å². The van der Waals surface area contributed by atoms with Gasteiger partial charge < -0.3 is 14.5 Å². The molecule has 6 heteroatoms. The zero-order valence-electron chi connectivity index (χ0n) is 17.9. The Kier molecular flexibility index (Phi) is 6.87. The van der Waals surface area contributed by atoms with E-state index in [-0.39, 0.29) is 24.2 Å². The van der Waals surface area contributed by atoms with Crippen molar-refractivity contribution in [3.63, 3.8) is 0 Å². The predicted octanol–water partition coefficient (Wildman–Crippen LogP) is 3.52. The van der Waals surface area contributed by atoms with Crippen LogP contribution < -0.4 is 0 Å². The first kappa shape index (κ1) is 22.0. The molecular formula is C24H29FN2O3. The van der Waals surface area contributed by atoms with Crippen molar-refractivity contribution in [1.29, 1.82) is 0 Å². The molecule has 1 aliphatic heterocycles. The molecule has 0 unspecified atom stereocenters. The minimum atomic E-state index is -1.15. The number of amides is 2. The van der Waals surface area contributed by atoms with Gasteiger partial charge in [-0.2, -0.15) is 0 Å². The number of carbonyl (C=O) groups is 2. The van der Waals surface area contributed by atoms with Gasteiger partial charge in [0.2, 0.25) is 5.91 Å². The number of benzene rings is 2. The summed E-state index contributed by atoms with van der Waals surface area (Å²) in [4.78, 5) is 29.1. The lowest BCUT2D eigenvalue weighted by atomic mass is 9.87. The maximum absolute atomic E-state index is 13.4. The van der Waals surface area contributed by atoms with E-state index in [2.05, 4.69) is 0 Å². The molecular weight excluding hydrogens is 383 g/mol. The third-order valence-corrected chi connectivity index (χ3v) is 5.45. The summed E-state index contributed by atoms with van der Waals surface area (Å²) in [5, 5.41) is 0. The maximum atomic E-state index is 13.4. The Morgan fingerprint density at radius 1 is 1.13 bits per heavy atom. The average molecular weight is 413 g/mol. The van der Waals surface area contributed by atoms with Crippen molar-refractivity contribution >= 4 is 11.8 Å². The zero-order chi connectivity index (χ0) is 21.7. The second-order valence-corrected chi connectivity index (χ2v) is 7.95. The molecule has 0 aliphatic carbocycles. The quantitative estimate of drug-likeness (QED) is 0.730. The minimum absolute atomic E-state index is 0.0450. The van der Waals surface area contributed by atoms with Crippen LogP contribution in [-0.4, -0.2) is 61.0 Å². The van der Waals surface area contributed by atoms with E-state index in [1.807, 2.05) is 31.2 Å². The summed E-state index contributed by atoms with van der Waals surface area (Å²) in [7, 11) is 3.40. The first-order valence-electron chi connectivity index (χ1n) is 10.3. The molecule has 1 heterocycles. The smallest absolute Gasteiger partial charge is 0.256 e. The fourth-order valence-corrected chi connectivity index (χ4v) is 3.98. The lowest BCUT2D eigenvalue weighted by Crippen LogP contribution is -2.61. The fraction of sp³-hybridized carbons (Fsp3) is 0.417. The van der Waals surface area contributed by atoms with E-state index in [4.69, 9.17) is 4.74 Å². The predicted molar refractivity (Wildman–Crippen MR) is 114 cm³/mol.